The first-order valence-electron chi connectivity index (χ1n) is 7.07. The number of isocyanates is 2. The molecule has 0 N–H and O–H groups in total. The van der Waals surface area contributed by atoms with Crippen molar-refractivity contribution in [2.45, 2.75) is 78.3 Å². The van der Waals surface area contributed by atoms with Gasteiger partial charge in [0.15, 0.2) is 0 Å². The molecular weight excluding hydrogens is 240 g/mol. The van der Waals surface area contributed by atoms with Crippen molar-refractivity contribution in [1.82, 2.24) is 0 Å². The summed E-state index contributed by atoms with van der Waals surface area (Å²) in [7, 11) is 0. The Morgan fingerprint density at radius 2 is 1.53 bits per heavy atom. The minimum Gasteiger partial charge on any atom is -0.211 e. The smallest absolute Gasteiger partial charge is 0.211 e. The van der Waals surface area contributed by atoms with Crippen LogP contribution >= 0.6 is 0 Å². The van der Waals surface area contributed by atoms with E-state index in [1.165, 1.54) is 25.0 Å². The summed E-state index contributed by atoms with van der Waals surface area (Å²) < 4.78 is 0. The lowest BCUT2D eigenvalue weighted by Gasteiger charge is -2.21. The van der Waals surface area contributed by atoms with E-state index in [0.29, 0.717) is 11.8 Å². The summed E-state index contributed by atoms with van der Waals surface area (Å²) in [5.74, 6) is 0. The first-order chi connectivity index (χ1) is 8.92. The van der Waals surface area contributed by atoms with Gasteiger partial charge in [-0.3, -0.25) is 0 Å². The Bertz CT molecular complexity index is 311. The maximum atomic E-state index is 9.94. The predicted octanol–water partition coefficient (Wildman–Crippen LogP) is 3.80. The molecule has 1 saturated carbocycles. The van der Waals surface area contributed by atoms with Gasteiger partial charge in [-0.25, -0.2) is 19.6 Å². The predicted molar refractivity (Wildman–Crippen MR) is 76.7 cm³/mol. The Kier molecular flexibility index (Phi) is 9.03. The zero-order valence-electron chi connectivity index (χ0n) is 12.6. The molecule has 0 heterocycles. The Morgan fingerprint density at radius 1 is 1.05 bits per heavy atom. The van der Waals surface area contributed by atoms with Gasteiger partial charge in [-0.1, -0.05) is 34.1 Å². The van der Waals surface area contributed by atoms with Crippen molar-refractivity contribution in [3.63, 3.8) is 0 Å². The number of nitrogens with zero attached hydrogens (tertiary/aromatic N) is 2. The highest BCUT2D eigenvalue weighted by Crippen LogP contribution is 2.22. The molecule has 2 atom stereocenters. The Labute approximate surface area is 116 Å². The largest absolute Gasteiger partial charge is 0.235 e. The summed E-state index contributed by atoms with van der Waals surface area (Å²) in [6.07, 6.45) is 9.17. The summed E-state index contributed by atoms with van der Waals surface area (Å²) in [5.41, 5.74) is 0.550. The van der Waals surface area contributed by atoms with Crippen LogP contribution in [0.4, 0.5) is 0 Å². The fraction of sp³-hybridized carbons (Fsp3) is 0.867. The molecule has 1 aliphatic carbocycles. The van der Waals surface area contributed by atoms with Gasteiger partial charge in [0.1, 0.15) is 0 Å². The number of aliphatic imine (C=N–C) groups is 2. The van der Waals surface area contributed by atoms with Crippen molar-refractivity contribution in [3.8, 4) is 0 Å². The van der Waals surface area contributed by atoms with Gasteiger partial charge in [-0.2, -0.15) is 0 Å². The minimum absolute atomic E-state index is 0.0124. The SMILES string of the molecule is CCCC(C)(C)C.O=C=NC1CCCC(N=C=O)C1. The maximum absolute atomic E-state index is 9.94. The highest BCUT2D eigenvalue weighted by molar-refractivity contribution is 5.34. The number of hydrogen-bond donors (Lipinski definition) is 0. The molecule has 0 spiro atoms. The third-order valence-electron chi connectivity index (χ3n) is 3.09. The van der Waals surface area contributed by atoms with Crippen molar-refractivity contribution in [2.24, 2.45) is 15.4 Å². The first-order valence-corrected chi connectivity index (χ1v) is 7.07. The Morgan fingerprint density at radius 3 is 1.79 bits per heavy atom. The summed E-state index contributed by atoms with van der Waals surface area (Å²) >= 11 is 0. The molecule has 2 unspecified atom stereocenters. The van der Waals surface area contributed by atoms with Crippen molar-refractivity contribution in [2.75, 3.05) is 0 Å². The van der Waals surface area contributed by atoms with Crippen LogP contribution < -0.4 is 0 Å². The molecule has 0 radical (unpaired) electrons. The van der Waals surface area contributed by atoms with E-state index in [9.17, 15) is 9.59 Å². The Balaban J connectivity index is 0.000000399. The third-order valence-corrected chi connectivity index (χ3v) is 3.09. The van der Waals surface area contributed by atoms with Crippen LogP contribution in [0, 0.1) is 5.41 Å². The molecule has 4 heteroatoms. The monoisotopic (exact) mass is 266 g/mol. The van der Waals surface area contributed by atoms with Gasteiger partial charge in [0.2, 0.25) is 12.2 Å². The zero-order valence-corrected chi connectivity index (χ0v) is 12.6. The van der Waals surface area contributed by atoms with Crippen molar-refractivity contribution < 1.29 is 9.59 Å². The molecule has 1 fully saturated rings. The van der Waals surface area contributed by atoms with Crippen LogP contribution in [0.2, 0.25) is 0 Å². The standard InChI is InChI=1S/C8H10N2O2.C7H16/c11-5-9-7-2-1-3-8(4-7)10-6-12;1-5-6-7(2,3)4/h7-8H,1-4H2;5-6H2,1-4H3. The van der Waals surface area contributed by atoms with Gasteiger partial charge in [-0.05, 0) is 37.5 Å². The second kappa shape index (κ2) is 9.66. The Hall–Kier alpha value is -1.24. The molecule has 0 aromatic heterocycles. The van der Waals surface area contributed by atoms with Gasteiger partial charge in [0, 0.05) is 0 Å². The van der Waals surface area contributed by atoms with Crippen LogP contribution in [0.25, 0.3) is 0 Å². The van der Waals surface area contributed by atoms with E-state index in [0.717, 1.165) is 19.3 Å². The fourth-order valence-electron chi connectivity index (χ4n) is 2.27. The molecule has 0 aromatic rings. The highest BCUT2D eigenvalue weighted by atomic mass is 16.1. The summed E-state index contributed by atoms with van der Waals surface area (Å²) in [5, 5.41) is 0. The highest BCUT2D eigenvalue weighted by Gasteiger charge is 2.20. The van der Waals surface area contributed by atoms with E-state index in [2.05, 4.69) is 37.7 Å². The van der Waals surface area contributed by atoms with E-state index >= 15 is 0 Å². The normalized spacial score (nSPS) is 22.3. The lowest BCUT2D eigenvalue weighted by molar-refractivity contribution is 0.373. The molecule has 1 rings (SSSR count). The van der Waals surface area contributed by atoms with Crippen molar-refractivity contribution in [3.05, 3.63) is 0 Å². The zero-order chi connectivity index (χ0) is 14.7. The third kappa shape index (κ3) is 10.4. The van der Waals surface area contributed by atoms with Gasteiger partial charge < -0.3 is 0 Å². The average Bonchev–Trinajstić information content (AvgIpc) is 2.29. The molecule has 0 aliphatic heterocycles. The van der Waals surface area contributed by atoms with Crippen LogP contribution in [0.3, 0.4) is 0 Å². The molecular formula is C15H26N2O2. The van der Waals surface area contributed by atoms with Gasteiger partial charge in [0.25, 0.3) is 0 Å². The van der Waals surface area contributed by atoms with E-state index in [4.69, 9.17) is 0 Å². The summed E-state index contributed by atoms with van der Waals surface area (Å²) in [6, 6.07) is 0.0247. The second-order valence-electron chi connectivity index (χ2n) is 6.23. The first kappa shape index (κ1) is 17.8. The van der Waals surface area contributed by atoms with E-state index in [1.807, 2.05) is 0 Å². The van der Waals surface area contributed by atoms with Crippen molar-refractivity contribution in [1.29, 1.82) is 0 Å². The maximum Gasteiger partial charge on any atom is 0.235 e. The van der Waals surface area contributed by atoms with Gasteiger partial charge in [-0.15, -0.1) is 0 Å². The lowest BCUT2D eigenvalue weighted by atomic mass is 9.91. The van der Waals surface area contributed by atoms with Crippen LogP contribution in [0.15, 0.2) is 9.98 Å². The second-order valence-corrected chi connectivity index (χ2v) is 6.23. The molecule has 0 aromatic carbocycles. The molecule has 4 nitrogen and oxygen atoms in total. The van der Waals surface area contributed by atoms with Crippen LogP contribution in [-0.4, -0.2) is 24.2 Å². The van der Waals surface area contributed by atoms with E-state index in [-0.39, 0.29) is 12.1 Å². The van der Waals surface area contributed by atoms with Crippen LogP contribution in [0.1, 0.15) is 66.2 Å². The van der Waals surface area contributed by atoms with Crippen molar-refractivity contribution >= 4 is 12.2 Å². The molecule has 1 aliphatic rings. The summed E-state index contributed by atoms with van der Waals surface area (Å²) in [6.45, 7) is 9.05. The fourth-order valence-corrected chi connectivity index (χ4v) is 2.27. The van der Waals surface area contributed by atoms with Gasteiger partial charge in [0.05, 0.1) is 12.1 Å². The molecule has 0 bridgehead atoms. The molecule has 19 heavy (non-hydrogen) atoms. The molecule has 0 amide bonds. The van der Waals surface area contributed by atoms with E-state index in [1.54, 1.807) is 0 Å². The number of hydrogen-bond acceptors (Lipinski definition) is 4. The lowest BCUT2D eigenvalue weighted by Crippen LogP contribution is -2.20. The van der Waals surface area contributed by atoms with Crippen LogP contribution in [0.5, 0.6) is 0 Å². The van der Waals surface area contributed by atoms with Crippen LogP contribution in [-0.2, 0) is 9.59 Å². The average molecular weight is 266 g/mol. The topological polar surface area (TPSA) is 58.9 Å². The number of rotatable bonds is 3. The molecule has 0 saturated heterocycles. The van der Waals surface area contributed by atoms with Gasteiger partial charge >= 0.3 is 0 Å². The minimum atomic E-state index is 0.0124. The van der Waals surface area contributed by atoms with E-state index < -0.39 is 0 Å². The summed E-state index contributed by atoms with van der Waals surface area (Å²) in [4.78, 5) is 27.1. The molecule has 108 valence electrons. The number of carbonyl (C=O) groups excluding carboxylic acids is 2. The quantitative estimate of drug-likeness (QED) is 0.576.